The molecule has 3 unspecified atom stereocenters. The maximum absolute atomic E-state index is 12.5. The zero-order valence-electron chi connectivity index (χ0n) is 13.4. The van der Waals surface area contributed by atoms with Gasteiger partial charge in [0.1, 0.15) is 0 Å². The van der Waals surface area contributed by atoms with Gasteiger partial charge in [-0.1, -0.05) is 26.7 Å². The van der Waals surface area contributed by atoms with Crippen molar-refractivity contribution in [1.82, 2.24) is 15.1 Å². The number of carbonyl (C=O) groups is 1. The molecule has 2 saturated heterocycles. The highest BCUT2D eigenvalue weighted by atomic mass is 16.2. The summed E-state index contributed by atoms with van der Waals surface area (Å²) in [5, 5.41) is 3.51. The van der Waals surface area contributed by atoms with Crippen molar-refractivity contribution in [3.63, 3.8) is 0 Å². The molecule has 116 valence electrons. The first-order valence-electron chi connectivity index (χ1n) is 8.48. The summed E-state index contributed by atoms with van der Waals surface area (Å²) in [7, 11) is 0. The van der Waals surface area contributed by atoms with Gasteiger partial charge in [-0.25, -0.2) is 0 Å². The average molecular weight is 281 g/mol. The van der Waals surface area contributed by atoms with E-state index in [0.29, 0.717) is 11.9 Å². The van der Waals surface area contributed by atoms with Crippen molar-refractivity contribution in [3.8, 4) is 0 Å². The van der Waals surface area contributed by atoms with Gasteiger partial charge in [-0.15, -0.1) is 0 Å². The van der Waals surface area contributed by atoms with Gasteiger partial charge < -0.3 is 4.90 Å². The van der Waals surface area contributed by atoms with E-state index in [1.54, 1.807) is 0 Å². The Balaban J connectivity index is 1.93. The number of nitrogens with one attached hydrogen (secondary N) is 1. The summed E-state index contributed by atoms with van der Waals surface area (Å²) in [6.45, 7) is 9.87. The van der Waals surface area contributed by atoms with Gasteiger partial charge in [0.15, 0.2) is 0 Å². The molecule has 2 aliphatic rings. The highest BCUT2D eigenvalue weighted by Gasteiger charge is 2.38. The molecule has 0 aromatic carbocycles. The topological polar surface area (TPSA) is 35.6 Å². The second kappa shape index (κ2) is 7.41. The van der Waals surface area contributed by atoms with E-state index in [-0.39, 0.29) is 12.2 Å². The fraction of sp³-hybridized carbons (Fsp3) is 0.938. The Kier molecular flexibility index (Phi) is 5.85. The smallest absolute Gasteiger partial charge is 0.241 e. The monoisotopic (exact) mass is 281 g/mol. The third kappa shape index (κ3) is 3.53. The maximum Gasteiger partial charge on any atom is 0.241 e. The van der Waals surface area contributed by atoms with E-state index in [2.05, 4.69) is 35.9 Å². The molecule has 0 aliphatic carbocycles. The predicted octanol–water partition coefficient (Wildman–Crippen LogP) is 2.20. The molecule has 1 amide bonds. The number of likely N-dealkylation sites (tertiary alicyclic amines) is 1. The van der Waals surface area contributed by atoms with Crippen LogP contribution in [0.4, 0.5) is 0 Å². The van der Waals surface area contributed by atoms with Gasteiger partial charge in [0, 0.05) is 12.6 Å². The Labute approximate surface area is 123 Å². The Morgan fingerprint density at radius 1 is 1.25 bits per heavy atom. The number of hydrogen-bond donors (Lipinski definition) is 1. The summed E-state index contributed by atoms with van der Waals surface area (Å²) >= 11 is 0. The average Bonchev–Trinajstić information content (AvgIpc) is 2.77. The molecular weight excluding hydrogens is 250 g/mol. The Morgan fingerprint density at radius 2 is 1.95 bits per heavy atom. The molecule has 4 heteroatoms. The van der Waals surface area contributed by atoms with Crippen LogP contribution in [0, 0.1) is 0 Å². The molecular formula is C16H31N3O. The third-order valence-electron chi connectivity index (χ3n) is 4.79. The van der Waals surface area contributed by atoms with Crippen LogP contribution in [0.3, 0.4) is 0 Å². The van der Waals surface area contributed by atoms with E-state index in [0.717, 1.165) is 25.8 Å². The molecule has 0 aromatic heterocycles. The standard InChI is InChI=1S/C16H31N3O/c1-4-9-14-16(20)19(15(5-2)17-14)12-13(3)18-10-7-6-8-11-18/h13-15,17H,4-12H2,1-3H3. The van der Waals surface area contributed by atoms with Gasteiger partial charge in [0.2, 0.25) is 5.91 Å². The second-order valence-electron chi connectivity index (χ2n) is 6.37. The molecule has 1 N–H and O–H groups in total. The lowest BCUT2D eigenvalue weighted by molar-refractivity contribution is -0.131. The fourth-order valence-corrected chi connectivity index (χ4v) is 3.56. The SMILES string of the molecule is CCCC1NC(CC)N(CC(C)N2CCCCC2)C1=O. The summed E-state index contributed by atoms with van der Waals surface area (Å²) < 4.78 is 0. The minimum Gasteiger partial charge on any atom is -0.324 e. The summed E-state index contributed by atoms with van der Waals surface area (Å²) in [5.41, 5.74) is 0. The number of carbonyl (C=O) groups excluding carboxylic acids is 1. The normalized spacial score (nSPS) is 29.9. The molecule has 0 bridgehead atoms. The van der Waals surface area contributed by atoms with Crippen LogP contribution in [-0.2, 0) is 4.79 Å². The Morgan fingerprint density at radius 3 is 2.55 bits per heavy atom. The minimum absolute atomic E-state index is 0.0542. The molecule has 4 nitrogen and oxygen atoms in total. The maximum atomic E-state index is 12.5. The van der Waals surface area contributed by atoms with Crippen molar-refractivity contribution in [1.29, 1.82) is 0 Å². The van der Waals surface area contributed by atoms with E-state index in [1.165, 1.54) is 32.4 Å². The molecule has 2 rings (SSSR count). The highest BCUT2D eigenvalue weighted by molar-refractivity contribution is 5.84. The van der Waals surface area contributed by atoms with Gasteiger partial charge in [-0.05, 0) is 45.7 Å². The largest absolute Gasteiger partial charge is 0.324 e. The molecule has 0 aromatic rings. The van der Waals surface area contributed by atoms with Gasteiger partial charge >= 0.3 is 0 Å². The van der Waals surface area contributed by atoms with Crippen LogP contribution in [0.1, 0.15) is 59.3 Å². The first kappa shape index (κ1) is 15.8. The lowest BCUT2D eigenvalue weighted by Gasteiger charge is -2.36. The molecule has 2 fully saturated rings. The van der Waals surface area contributed by atoms with Crippen LogP contribution in [0.15, 0.2) is 0 Å². The summed E-state index contributed by atoms with van der Waals surface area (Å²) in [6, 6.07) is 0.536. The second-order valence-corrected chi connectivity index (χ2v) is 6.37. The van der Waals surface area contributed by atoms with Crippen molar-refractivity contribution >= 4 is 5.91 Å². The number of hydrogen-bond acceptors (Lipinski definition) is 3. The van der Waals surface area contributed by atoms with Crippen molar-refractivity contribution < 1.29 is 4.79 Å². The van der Waals surface area contributed by atoms with Crippen molar-refractivity contribution in [2.24, 2.45) is 0 Å². The zero-order valence-corrected chi connectivity index (χ0v) is 13.4. The van der Waals surface area contributed by atoms with Crippen molar-refractivity contribution in [3.05, 3.63) is 0 Å². The molecule has 0 radical (unpaired) electrons. The molecule has 0 spiro atoms. The van der Waals surface area contributed by atoms with Crippen LogP contribution >= 0.6 is 0 Å². The molecule has 3 atom stereocenters. The van der Waals surface area contributed by atoms with Crippen molar-refractivity contribution in [2.75, 3.05) is 19.6 Å². The van der Waals surface area contributed by atoms with Gasteiger partial charge in [-0.3, -0.25) is 15.0 Å². The van der Waals surface area contributed by atoms with E-state index in [4.69, 9.17) is 0 Å². The minimum atomic E-state index is 0.0542. The van der Waals surface area contributed by atoms with Crippen molar-refractivity contribution in [2.45, 2.75) is 77.5 Å². The van der Waals surface area contributed by atoms with Gasteiger partial charge in [0.05, 0.1) is 12.2 Å². The summed E-state index contributed by atoms with van der Waals surface area (Å²) in [5.74, 6) is 0.322. The van der Waals surface area contributed by atoms with E-state index in [1.807, 2.05) is 0 Å². The van der Waals surface area contributed by atoms with E-state index in [9.17, 15) is 4.79 Å². The van der Waals surface area contributed by atoms with E-state index >= 15 is 0 Å². The Bertz CT molecular complexity index is 315. The van der Waals surface area contributed by atoms with Crippen LogP contribution in [0.2, 0.25) is 0 Å². The lowest BCUT2D eigenvalue weighted by Crippen LogP contribution is -2.48. The number of nitrogens with zero attached hydrogens (tertiary/aromatic N) is 2. The Hall–Kier alpha value is -0.610. The van der Waals surface area contributed by atoms with Crippen LogP contribution in [0.25, 0.3) is 0 Å². The lowest BCUT2D eigenvalue weighted by atomic mass is 10.1. The number of rotatable bonds is 6. The first-order chi connectivity index (χ1) is 9.67. The summed E-state index contributed by atoms with van der Waals surface area (Å²) in [6.07, 6.45) is 7.26. The fourth-order valence-electron chi connectivity index (χ4n) is 3.56. The van der Waals surface area contributed by atoms with Gasteiger partial charge in [0.25, 0.3) is 0 Å². The third-order valence-corrected chi connectivity index (χ3v) is 4.79. The zero-order chi connectivity index (χ0) is 14.5. The number of piperidine rings is 1. The highest BCUT2D eigenvalue weighted by Crippen LogP contribution is 2.19. The quantitative estimate of drug-likeness (QED) is 0.811. The summed E-state index contributed by atoms with van der Waals surface area (Å²) in [4.78, 5) is 17.2. The molecule has 0 saturated carbocycles. The molecule has 2 heterocycles. The van der Waals surface area contributed by atoms with Crippen LogP contribution in [-0.4, -0.2) is 53.6 Å². The first-order valence-corrected chi connectivity index (χ1v) is 8.48. The van der Waals surface area contributed by atoms with Gasteiger partial charge in [-0.2, -0.15) is 0 Å². The molecule has 2 aliphatic heterocycles. The predicted molar refractivity (Wildman–Crippen MR) is 82.5 cm³/mol. The van der Waals surface area contributed by atoms with Crippen LogP contribution in [0.5, 0.6) is 0 Å². The van der Waals surface area contributed by atoms with E-state index < -0.39 is 0 Å². The van der Waals surface area contributed by atoms with Crippen LogP contribution < -0.4 is 5.32 Å². The molecule has 20 heavy (non-hydrogen) atoms. The number of amides is 1.